The molecule has 4 heteroatoms. The number of nitrogens with zero attached hydrogens (tertiary/aromatic N) is 2. The first-order valence-corrected chi connectivity index (χ1v) is 3.22. The van der Waals surface area contributed by atoms with Gasteiger partial charge in [-0.2, -0.15) is 5.10 Å². The molecule has 56 valence electrons. The van der Waals surface area contributed by atoms with Crippen molar-refractivity contribution in [3.05, 3.63) is 12.4 Å². The van der Waals surface area contributed by atoms with Gasteiger partial charge in [0.15, 0.2) is 5.75 Å². The van der Waals surface area contributed by atoms with Crippen molar-refractivity contribution in [2.75, 3.05) is 6.73 Å². The van der Waals surface area contributed by atoms with E-state index in [1.165, 1.54) is 0 Å². The van der Waals surface area contributed by atoms with Crippen molar-refractivity contribution in [3.8, 4) is 5.75 Å². The van der Waals surface area contributed by atoms with E-state index in [4.69, 9.17) is 10.5 Å². The Hall–Kier alpha value is -1.03. The number of hydrogen-bond donors (Lipinski definition) is 1. The highest BCUT2D eigenvalue weighted by atomic mass is 16.5. The molecule has 0 aliphatic carbocycles. The maximum absolute atomic E-state index is 5.15. The van der Waals surface area contributed by atoms with Crippen LogP contribution in [0.25, 0.3) is 0 Å². The average molecular weight is 141 g/mol. The fourth-order valence-electron chi connectivity index (χ4n) is 0.688. The standard InChI is InChI=1S/C6H11N3O/c1-2-9-4-6(3-8-9)10-5-7/h3-4H,2,5,7H2,1H3. The summed E-state index contributed by atoms with van der Waals surface area (Å²) in [5, 5.41) is 3.99. The topological polar surface area (TPSA) is 53.1 Å². The molecule has 0 aliphatic heterocycles. The highest BCUT2D eigenvalue weighted by Crippen LogP contribution is 2.06. The van der Waals surface area contributed by atoms with Gasteiger partial charge in [0.05, 0.1) is 12.4 Å². The summed E-state index contributed by atoms with van der Waals surface area (Å²) in [5.41, 5.74) is 5.15. The fraction of sp³-hybridized carbons (Fsp3) is 0.500. The van der Waals surface area contributed by atoms with E-state index in [9.17, 15) is 0 Å². The number of rotatable bonds is 3. The van der Waals surface area contributed by atoms with Gasteiger partial charge in [-0.1, -0.05) is 0 Å². The average Bonchev–Trinajstić information content (AvgIpc) is 2.37. The second kappa shape index (κ2) is 3.22. The lowest BCUT2D eigenvalue weighted by Crippen LogP contribution is -2.06. The molecule has 1 aromatic rings. The van der Waals surface area contributed by atoms with E-state index in [0.29, 0.717) is 0 Å². The summed E-state index contributed by atoms with van der Waals surface area (Å²) >= 11 is 0. The zero-order valence-electron chi connectivity index (χ0n) is 5.95. The summed E-state index contributed by atoms with van der Waals surface area (Å²) in [6.07, 6.45) is 3.46. The van der Waals surface area contributed by atoms with Crippen LogP contribution in [0.4, 0.5) is 0 Å². The maximum atomic E-state index is 5.15. The number of nitrogens with two attached hydrogens (primary N) is 1. The molecule has 0 aliphatic rings. The van der Waals surface area contributed by atoms with Gasteiger partial charge in [-0.25, -0.2) is 0 Å². The quantitative estimate of drug-likeness (QED) is 0.612. The Labute approximate surface area is 59.6 Å². The van der Waals surface area contributed by atoms with Gasteiger partial charge < -0.3 is 4.74 Å². The lowest BCUT2D eigenvalue weighted by atomic mass is 10.6. The van der Waals surface area contributed by atoms with Gasteiger partial charge in [-0.3, -0.25) is 10.4 Å². The molecule has 0 amide bonds. The van der Waals surface area contributed by atoms with Crippen molar-refractivity contribution in [2.24, 2.45) is 5.73 Å². The Morgan fingerprint density at radius 2 is 2.60 bits per heavy atom. The number of hydrogen-bond acceptors (Lipinski definition) is 3. The van der Waals surface area contributed by atoms with Gasteiger partial charge in [0.1, 0.15) is 6.73 Å². The van der Waals surface area contributed by atoms with Gasteiger partial charge in [0.2, 0.25) is 0 Å². The van der Waals surface area contributed by atoms with Gasteiger partial charge in [0, 0.05) is 6.54 Å². The zero-order chi connectivity index (χ0) is 7.40. The molecule has 0 saturated carbocycles. The van der Waals surface area contributed by atoms with Gasteiger partial charge in [-0.05, 0) is 6.92 Å². The molecule has 0 unspecified atom stereocenters. The second-order valence-corrected chi connectivity index (χ2v) is 1.84. The number of aryl methyl sites for hydroxylation is 1. The summed E-state index contributed by atoms with van der Waals surface area (Å²) < 4.78 is 6.77. The minimum atomic E-state index is 0.204. The van der Waals surface area contributed by atoms with Gasteiger partial charge in [0.25, 0.3) is 0 Å². The van der Waals surface area contributed by atoms with E-state index in [2.05, 4.69) is 5.10 Å². The van der Waals surface area contributed by atoms with E-state index in [-0.39, 0.29) is 6.73 Å². The molecular weight excluding hydrogens is 130 g/mol. The normalized spacial score (nSPS) is 9.80. The molecule has 10 heavy (non-hydrogen) atoms. The predicted octanol–water partition coefficient (Wildman–Crippen LogP) is 0.198. The van der Waals surface area contributed by atoms with Crippen molar-refractivity contribution < 1.29 is 4.74 Å². The Morgan fingerprint density at radius 3 is 3.10 bits per heavy atom. The Balaban J connectivity index is 2.59. The van der Waals surface area contributed by atoms with Crippen LogP contribution < -0.4 is 10.5 Å². The Kier molecular flexibility index (Phi) is 2.28. The Morgan fingerprint density at radius 1 is 1.80 bits per heavy atom. The van der Waals surface area contributed by atoms with Crippen LogP contribution in [-0.4, -0.2) is 16.5 Å². The minimum absolute atomic E-state index is 0.204. The SMILES string of the molecule is CCn1cc(OCN)cn1. The molecule has 0 bridgehead atoms. The van der Waals surface area contributed by atoms with E-state index in [1.54, 1.807) is 10.9 Å². The maximum Gasteiger partial charge on any atom is 0.159 e. The van der Waals surface area contributed by atoms with Crippen molar-refractivity contribution in [1.82, 2.24) is 9.78 Å². The molecule has 0 atom stereocenters. The van der Waals surface area contributed by atoms with Crippen LogP contribution in [0.5, 0.6) is 5.75 Å². The summed E-state index contributed by atoms with van der Waals surface area (Å²) in [6, 6.07) is 0. The molecule has 1 aromatic heterocycles. The predicted molar refractivity (Wildman–Crippen MR) is 37.6 cm³/mol. The fourth-order valence-corrected chi connectivity index (χ4v) is 0.688. The van der Waals surface area contributed by atoms with Crippen LogP contribution in [0.3, 0.4) is 0 Å². The summed E-state index contributed by atoms with van der Waals surface area (Å²) in [7, 11) is 0. The van der Waals surface area contributed by atoms with Crippen molar-refractivity contribution in [3.63, 3.8) is 0 Å². The molecule has 1 rings (SSSR count). The van der Waals surface area contributed by atoms with Crippen molar-refractivity contribution in [2.45, 2.75) is 13.5 Å². The van der Waals surface area contributed by atoms with E-state index < -0.39 is 0 Å². The van der Waals surface area contributed by atoms with Crippen LogP contribution in [0, 0.1) is 0 Å². The van der Waals surface area contributed by atoms with Crippen molar-refractivity contribution >= 4 is 0 Å². The third kappa shape index (κ3) is 1.48. The highest BCUT2D eigenvalue weighted by molar-refractivity contribution is 5.11. The lowest BCUT2D eigenvalue weighted by Gasteiger charge is -1.94. The van der Waals surface area contributed by atoms with Gasteiger partial charge >= 0.3 is 0 Å². The first kappa shape index (κ1) is 7.08. The first-order valence-electron chi connectivity index (χ1n) is 3.22. The van der Waals surface area contributed by atoms with E-state index in [1.807, 2.05) is 13.1 Å². The van der Waals surface area contributed by atoms with E-state index >= 15 is 0 Å². The van der Waals surface area contributed by atoms with Crippen LogP contribution in [0.15, 0.2) is 12.4 Å². The van der Waals surface area contributed by atoms with Crippen LogP contribution in [0.1, 0.15) is 6.92 Å². The van der Waals surface area contributed by atoms with Crippen LogP contribution >= 0.6 is 0 Å². The third-order valence-electron chi connectivity index (χ3n) is 1.18. The molecule has 1 heterocycles. The molecule has 2 N–H and O–H groups in total. The molecule has 0 radical (unpaired) electrons. The van der Waals surface area contributed by atoms with Crippen LogP contribution in [0.2, 0.25) is 0 Å². The molecule has 4 nitrogen and oxygen atoms in total. The second-order valence-electron chi connectivity index (χ2n) is 1.84. The largest absolute Gasteiger partial charge is 0.475 e. The summed E-state index contributed by atoms with van der Waals surface area (Å²) in [4.78, 5) is 0. The first-order chi connectivity index (χ1) is 4.86. The molecule has 0 aromatic carbocycles. The van der Waals surface area contributed by atoms with Gasteiger partial charge in [-0.15, -0.1) is 0 Å². The highest BCUT2D eigenvalue weighted by Gasteiger charge is 1.94. The third-order valence-corrected chi connectivity index (χ3v) is 1.18. The summed E-state index contributed by atoms with van der Waals surface area (Å²) in [6.45, 7) is 3.07. The zero-order valence-corrected chi connectivity index (χ0v) is 5.95. The summed E-state index contributed by atoms with van der Waals surface area (Å²) in [5.74, 6) is 0.726. The molecule has 0 fully saturated rings. The Bertz CT molecular complexity index is 197. The van der Waals surface area contributed by atoms with Crippen LogP contribution in [-0.2, 0) is 6.54 Å². The molecular formula is C6H11N3O. The number of aromatic nitrogens is 2. The lowest BCUT2D eigenvalue weighted by molar-refractivity contribution is 0.329. The number of ether oxygens (including phenoxy) is 1. The molecule has 0 spiro atoms. The monoisotopic (exact) mass is 141 g/mol. The smallest absolute Gasteiger partial charge is 0.159 e. The minimum Gasteiger partial charge on any atom is -0.475 e. The van der Waals surface area contributed by atoms with Crippen molar-refractivity contribution in [1.29, 1.82) is 0 Å². The van der Waals surface area contributed by atoms with E-state index in [0.717, 1.165) is 12.3 Å². The molecule has 0 saturated heterocycles.